The highest BCUT2D eigenvalue weighted by atomic mass is 16.6. The number of fused-ring (bicyclic) bond motifs is 1. The van der Waals surface area contributed by atoms with Crippen molar-refractivity contribution in [1.82, 2.24) is 19.6 Å². The van der Waals surface area contributed by atoms with Crippen LogP contribution in [0.1, 0.15) is 20.8 Å². The van der Waals surface area contributed by atoms with Crippen molar-refractivity contribution in [2.45, 2.75) is 32.4 Å². The zero-order valence-corrected chi connectivity index (χ0v) is 16.6. The molecule has 3 rings (SSSR count). The molecule has 10 nitrogen and oxygen atoms in total. The predicted molar refractivity (Wildman–Crippen MR) is 105 cm³/mol. The third-order valence-electron chi connectivity index (χ3n) is 4.50. The van der Waals surface area contributed by atoms with E-state index < -0.39 is 16.6 Å². The highest BCUT2D eigenvalue weighted by molar-refractivity contribution is 5.68. The average molecular weight is 390 g/mol. The molecule has 152 valence electrons. The van der Waals surface area contributed by atoms with E-state index in [4.69, 9.17) is 4.74 Å². The number of likely N-dealkylation sites (N-methyl/N-ethyl adjacent to an activating group) is 1. The second-order valence-electron chi connectivity index (χ2n) is 7.94. The number of nitrogens with one attached hydrogen (secondary N) is 1. The molecule has 1 amide bonds. The summed E-state index contributed by atoms with van der Waals surface area (Å²) in [5.74, 6) is 0.253. The second kappa shape index (κ2) is 7.63. The van der Waals surface area contributed by atoms with Gasteiger partial charge in [-0.2, -0.15) is 9.38 Å². The first-order chi connectivity index (χ1) is 13.2. The number of pyridine rings is 1. The van der Waals surface area contributed by atoms with E-state index in [9.17, 15) is 14.9 Å². The molecule has 1 atom stereocenters. The van der Waals surface area contributed by atoms with E-state index in [1.807, 2.05) is 11.9 Å². The van der Waals surface area contributed by atoms with E-state index in [2.05, 4.69) is 15.2 Å². The Morgan fingerprint density at radius 1 is 1.39 bits per heavy atom. The lowest BCUT2D eigenvalue weighted by Crippen LogP contribution is -2.56. The first-order valence-electron chi connectivity index (χ1n) is 9.19. The number of piperazine rings is 1. The number of amides is 1. The largest absolute Gasteiger partial charge is 0.444 e. The summed E-state index contributed by atoms with van der Waals surface area (Å²) < 4.78 is 6.77. The molecule has 0 aliphatic carbocycles. The third-order valence-corrected chi connectivity index (χ3v) is 4.50. The highest BCUT2D eigenvalue weighted by Crippen LogP contribution is 2.31. The number of anilines is 1. The summed E-state index contributed by atoms with van der Waals surface area (Å²) in [6.45, 7) is 7.65. The van der Waals surface area contributed by atoms with Crippen molar-refractivity contribution in [1.29, 1.82) is 0 Å². The average Bonchev–Trinajstić information content (AvgIpc) is 2.98. The molecule has 28 heavy (non-hydrogen) atoms. The Kier molecular flexibility index (Phi) is 5.41. The molecule has 1 N–H and O–H groups in total. The Balaban J connectivity index is 1.86. The number of imidazole rings is 1. The maximum atomic E-state index is 12.0. The second-order valence-corrected chi connectivity index (χ2v) is 7.94. The van der Waals surface area contributed by atoms with Gasteiger partial charge in [-0.3, -0.25) is 0 Å². The molecule has 1 aliphatic heterocycles. The molecule has 0 saturated carbocycles. The number of alkyl carbamates (subject to hydrolysis) is 1. The van der Waals surface area contributed by atoms with Crippen LogP contribution in [0.5, 0.6) is 0 Å². The molecule has 10 heteroatoms. The Hall–Kier alpha value is -2.88. The maximum absolute atomic E-state index is 12.0. The third kappa shape index (κ3) is 4.33. The first kappa shape index (κ1) is 19.9. The number of hydrogen-bond donors (Lipinski definition) is 1. The molecule has 1 fully saturated rings. The van der Waals surface area contributed by atoms with Gasteiger partial charge in [-0.25, -0.2) is 4.79 Å². The fourth-order valence-electron chi connectivity index (χ4n) is 3.31. The standard InChI is InChI=1S/C18H26N6O4/c1-18(2,3)28-17(25)19-11-13-12-21(4)9-10-22(13)15-16(24(26)27)23-8-6-5-7-14(23)20-15/h5-8,13H,9-12H2,1-4H3,(H,19,25). The van der Waals surface area contributed by atoms with Gasteiger partial charge in [0.25, 0.3) is 0 Å². The molecular formula is C18H26N6O4. The van der Waals surface area contributed by atoms with Gasteiger partial charge in [0.2, 0.25) is 11.5 Å². The monoisotopic (exact) mass is 390 g/mol. The maximum Gasteiger partial charge on any atom is 0.407 e. The first-order valence-corrected chi connectivity index (χ1v) is 9.19. The van der Waals surface area contributed by atoms with Crippen LogP contribution in [-0.2, 0) is 4.74 Å². The van der Waals surface area contributed by atoms with Crippen molar-refractivity contribution in [2.75, 3.05) is 38.1 Å². The molecule has 1 saturated heterocycles. The predicted octanol–water partition coefficient (Wildman–Crippen LogP) is 1.89. The lowest BCUT2D eigenvalue weighted by molar-refractivity contribution is -0.389. The summed E-state index contributed by atoms with van der Waals surface area (Å²) in [6.07, 6.45) is 1.12. The molecule has 0 aromatic carbocycles. The van der Waals surface area contributed by atoms with Crippen LogP contribution in [-0.4, -0.2) is 70.2 Å². The smallest absolute Gasteiger partial charge is 0.407 e. The molecule has 0 spiro atoms. The van der Waals surface area contributed by atoms with Crippen LogP contribution in [0, 0.1) is 10.1 Å². The molecular weight excluding hydrogens is 364 g/mol. The van der Waals surface area contributed by atoms with Crippen LogP contribution in [0.2, 0.25) is 0 Å². The van der Waals surface area contributed by atoms with Crippen molar-refractivity contribution < 1.29 is 14.5 Å². The van der Waals surface area contributed by atoms with Crippen LogP contribution < -0.4 is 10.2 Å². The lowest BCUT2D eigenvalue weighted by Gasteiger charge is -2.40. The topological polar surface area (TPSA) is 105 Å². The van der Waals surface area contributed by atoms with Crippen LogP contribution in [0.4, 0.5) is 16.4 Å². The van der Waals surface area contributed by atoms with E-state index in [0.717, 1.165) is 6.54 Å². The fraction of sp³-hybridized carbons (Fsp3) is 0.556. The minimum Gasteiger partial charge on any atom is -0.444 e. The SMILES string of the molecule is CN1CCN(c2nc3ccccn3c2[N+](=O)[O-])C(CNC(=O)OC(C)(C)C)C1. The normalized spacial score (nSPS) is 18.3. The zero-order valence-electron chi connectivity index (χ0n) is 16.6. The number of carbonyl (C=O) groups excluding carboxylic acids is 1. The van der Waals surface area contributed by atoms with Crippen LogP contribution in [0.25, 0.3) is 5.65 Å². The van der Waals surface area contributed by atoms with Crippen molar-refractivity contribution in [3.05, 3.63) is 34.5 Å². The number of nitrogens with zero attached hydrogens (tertiary/aromatic N) is 5. The number of aromatic nitrogens is 2. The number of ether oxygens (including phenoxy) is 1. The van der Waals surface area contributed by atoms with Gasteiger partial charge in [0.15, 0.2) is 0 Å². The minimum absolute atomic E-state index is 0.0672. The Morgan fingerprint density at radius 3 is 2.82 bits per heavy atom. The minimum atomic E-state index is -0.590. The van der Waals surface area contributed by atoms with Crippen molar-refractivity contribution in [3.8, 4) is 0 Å². The number of nitro groups is 1. The Labute approximate surface area is 163 Å². The zero-order chi connectivity index (χ0) is 20.5. The summed E-state index contributed by atoms with van der Waals surface area (Å²) in [5, 5.41) is 14.5. The summed E-state index contributed by atoms with van der Waals surface area (Å²) in [7, 11) is 1.98. The number of rotatable bonds is 4. The van der Waals surface area contributed by atoms with Gasteiger partial charge in [0.1, 0.15) is 5.60 Å². The summed E-state index contributed by atoms with van der Waals surface area (Å²) in [6, 6.07) is 5.09. The van der Waals surface area contributed by atoms with Crippen molar-refractivity contribution in [2.24, 2.45) is 0 Å². The lowest BCUT2D eigenvalue weighted by atomic mass is 10.1. The number of carbonyl (C=O) groups is 1. The van der Waals surface area contributed by atoms with Crippen molar-refractivity contribution in [3.63, 3.8) is 0 Å². The van der Waals surface area contributed by atoms with E-state index in [1.165, 1.54) is 4.40 Å². The Bertz CT molecular complexity index is 875. The molecule has 0 radical (unpaired) electrons. The molecule has 2 aromatic rings. The fourth-order valence-corrected chi connectivity index (χ4v) is 3.31. The van der Waals surface area contributed by atoms with Gasteiger partial charge in [0.05, 0.1) is 12.2 Å². The molecule has 1 unspecified atom stereocenters. The molecule has 3 heterocycles. The van der Waals surface area contributed by atoms with Gasteiger partial charge >= 0.3 is 11.9 Å². The quantitative estimate of drug-likeness (QED) is 0.628. The summed E-state index contributed by atoms with van der Waals surface area (Å²) in [4.78, 5) is 31.9. The molecule has 2 aromatic heterocycles. The van der Waals surface area contributed by atoms with Crippen LogP contribution in [0.15, 0.2) is 24.4 Å². The van der Waals surface area contributed by atoms with E-state index >= 15 is 0 Å². The summed E-state index contributed by atoms with van der Waals surface area (Å²) >= 11 is 0. The van der Waals surface area contributed by atoms with Gasteiger partial charge in [-0.05, 0) is 38.8 Å². The van der Waals surface area contributed by atoms with Gasteiger partial charge in [-0.1, -0.05) is 6.07 Å². The Morgan fingerprint density at radius 2 is 2.14 bits per heavy atom. The molecule has 1 aliphatic rings. The van der Waals surface area contributed by atoms with E-state index in [-0.39, 0.29) is 11.9 Å². The van der Waals surface area contributed by atoms with Crippen LogP contribution >= 0.6 is 0 Å². The highest BCUT2D eigenvalue weighted by Gasteiger charge is 2.34. The van der Waals surface area contributed by atoms with E-state index in [1.54, 1.807) is 45.2 Å². The van der Waals surface area contributed by atoms with Crippen LogP contribution in [0.3, 0.4) is 0 Å². The van der Waals surface area contributed by atoms with Gasteiger partial charge in [0, 0.05) is 32.2 Å². The van der Waals surface area contributed by atoms with E-state index in [0.29, 0.717) is 31.1 Å². The van der Waals surface area contributed by atoms with Gasteiger partial charge < -0.3 is 30.0 Å². The van der Waals surface area contributed by atoms with Crippen molar-refractivity contribution >= 4 is 23.4 Å². The molecule has 0 bridgehead atoms. The number of hydrogen-bond acceptors (Lipinski definition) is 7. The van der Waals surface area contributed by atoms with Gasteiger partial charge in [-0.15, -0.1) is 0 Å². The summed E-state index contributed by atoms with van der Waals surface area (Å²) in [5.41, 5.74) is -0.0740.